The maximum absolute atomic E-state index is 12.2. The van der Waals surface area contributed by atoms with Crippen LogP contribution in [0.2, 0.25) is 0 Å². The largest absolute Gasteiger partial charge is 1.00 e. The molecule has 0 radical (unpaired) electrons. The first-order valence-electron chi connectivity index (χ1n) is 2.47. The predicted molar refractivity (Wildman–Crippen MR) is 37.1 cm³/mol. The molecule has 1 aromatic rings. The third-order valence-corrected chi connectivity index (χ3v) is 1.42. The van der Waals surface area contributed by atoms with E-state index in [-0.39, 0.29) is 12.4 Å². The maximum Gasteiger partial charge on any atom is 0.162 e. The van der Waals surface area contributed by atoms with Gasteiger partial charge in [-0.05, 0) is 12.1 Å². The van der Waals surface area contributed by atoms with Crippen LogP contribution in [0.5, 0.6) is 0 Å². The summed E-state index contributed by atoms with van der Waals surface area (Å²) in [6.07, 6.45) is 0. The summed E-state index contributed by atoms with van der Waals surface area (Å²) in [5.41, 5.74) is 0. The fraction of sp³-hybridized carbons (Fsp3) is 0. The summed E-state index contributed by atoms with van der Waals surface area (Å²) in [5.74, 6) is -1.56. The van der Waals surface area contributed by atoms with Gasteiger partial charge in [-0.1, -0.05) is 0 Å². The van der Waals surface area contributed by atoms with Crippen molar-refractivity contribution in [1.82, 2.24) is 0 Å². The van der Waals surface area contributed by atoms with Crippen LogP contribution >= 0.6 is 9.24 Å². The predicted octanol–water partition coefficient (Wildman–Crippen LogP) is -1.80. The molecule has 1 unspecified atom stereocenters. The van der Waals surface area contributed by atoms with Gasteiger partial charge in [-0.15, -0.1) is 0 Å². The molecular formula is C6H6ClF2P. The minimum atomic E-state index is -0.787. The normalized spacial score (nSPS) is 9.00. The first-order valence-corrected chi connectivity index (χ1v) is 3.18. The minimum absolute atomic E-state index is 0. The molecule has 4 heteroatoms. The van der Waals surface area contributed by atoms with Crippen molar-refractivity contribution in [3.63, 3.8) is 0 Å². The van der Waals surface area contributed by atoms with E-state index in [1.807, 2.05) is 0 Å². The Labute approximate surface area is 66.2 Å². The lowest BCUT2D eigenvalue weighted by molar-refractivity contribution is -0.00000278. The summed E-state index contributed by atoms with van der Waals surface area (Å²) < 4.78 is 24.3. The van der Waals surface area contributed by atoms with E-state index in [4.69, 9.17) is 0 Å². The smallest absolute Gasteiger partial charge is 0.162 e. The molecule has 0 aliphatic heterocycles. The first-order chi connectivity index (χ1) is 4.20. The van der Waals surface area contributed by atoms with E-state index in [0.29, 0.717) is 0 Å². The van der Waals surface area contributed by atoms with Crippen molar-refractivity contribution < 1.29 is 21.2 Å². The first kappa shape index (κ1) is 9.80. The Morgan fingerprint density at radius 1 is 1.10 bits per heavy atom. The molecule has 0 saturated carbocycles. The lowest BCUT2D eigenvalue weighted by Gasteiger charge is -1.88. The fourth-order valence-electron chi connectivity index (χ4n) is 0.540. The van der Waals surface area contributed by atoms with Gasteiger partial charge in [-0.25, -0.2) is 8.78 Å². The van der Waals surface area contributed by atoms with Crippen molar-refractivity contribution in [3.8, 4) is 0 Å². The molecule has 56 valence electrons. The number of rotatable bonds is 0. The van der Waals surface area contributed by atoms with Crippen LogP contribution in [0.3, 0.4) is 0 Å². The summed E-state index contributed by atoms with van der Waals surface area (Å²) >= 11 is 0. The summed E-state index contributed by atoms with van der Waals surface area (Å²) in [5, 5.41) is 0.758. The Morgan fingerprint density at radius 2 is 1.70 bits per heavy atom. The molecule has 10 heavy (non-hydrogen) atoms. The van der Waals surface area contributed by atoms with Crippen molar-refractivity contribution in [2.24, 2.45) is 0 Å². The van der Waals surface area contributed by atoms with E-state index in [2.05, 4.69) is 0 Å². The number of hydrogen-bond acceptors (Lipinski definition) is 0. The fourth-order valence-corrected chi connectivity index (χ4v) is 0.837. The van der Waals surface area contributed by atoms with Gasteiger partial charge in [-0.3, -0.25) is 0 Å². The number of benzene rings is 1. The molecule has 0 bridgehead atoms. The molecule has 1 rings (SSSR count). The molecule has 0 N–H and O–H groups in total. The van der Waals surface area contributed by atoms with Crippen molar-refractivity contribution in [1.29, 1.82) is 0 Å². The molecule has 0 aliphatic carbocycles. The van der Waals surface area contributed by atoms with Crippen LogP contribution in [-0.2, 0) is 0 Å². The third kappa shape index (κ3) is 2.20. The van der Waals surface area contributed by atoms with Crippen LogP contribution < -0.4 is 17.7 Å². The zero-order valence-corrected chi connectivity index (χ0v) is 7.24. The molecule has 1 atom stereocenters. The van der Waals surface area contributed by atoms with Gasteiger partial charge in [-0.2, -0.15) is 0 Å². The van der Waals surface area contributed by atoms with Gasteiger partial charge in [0.1, 0.15) is 0 Å². The molecule has 0 saturated heterocycles. The van der Waals surface area contributed by atoms with E-state index in [1.165, 1.54) is 21.4 Å². The number of halogens is 3. The highest BCUT2D eigenvalue weighted by Crippen LogP contribution is 2.02. The molecule has 0 nitrogen and oxygen atoms in total. The zero-order chi connectivity index (χ0) is 6.85. The van der Waals surface area contributed by atoms with Gasteiger partial charge >= 0.3 is 0 Å². The van der Waals surface area contributed by atoms with E-state index >= 15 is 0 Å². The Kier molecular flexibility index (Phi) is 3.77. The second-order valence-electron chi connectivity index (χ2n) is 1.75. The molecular weight excluding hydrogens is 176 g/mol. The molecule has 0 spiro atoms. The standard InChI is InChI=1S/C6H5F2P.ClH/c7-5-2-1-4(9)3-6(5)8;/h1-3H,9H2;1H. The average Bonchev–Trinajstić information content (AvgIpc) is 1.80. The van der Waals surface area contributed by atoms with E-state index < -0.39 is 11.6 Å². The van der Waals surface area contributed by atoms with Crippen LogP contribution in [-0.4, -0.2) is 0 Å². The summed E-state index contributed by atoms with van der Waals surface area (Å²) in [4.78, 5) is 0. The highest BCUT2D eigenvalue weighted by molar-refractivity contribution is 7.27. The lowest BCUT2D eigenvalue weighted by atomic mass is 10.3. The van der Waals surface area contributed by atoms with Crippen LogP contribution in [0, 0.1) is 11.6 Å². The van der Waals surface area contributed by atoms with Crippen molar-refractivity contribution in [2.75, 3.05) is 0 Å². The van der Waals surface area contributed by atoms with Crippen molar-refractivity contribution in [2.45, 2.75) is 0 Å². The molecule has 1 aromatic carbocycles. The second kappa shape index (κ2) is 3.85. The Hall–Kier alpha value is -0.200. The number of hydrogen-bond donors (Lipinski definition) is 0. The summed E-state index contributed by atoms with van der Waals surface area (Å²) in [7, 11) is 1.52. The van der Waals surface area contributed by atoms with E-state index in [0.717, 1.165) is 11.4 Å². The molecule has 0 aromatic heterocycles. The Balaban J connectivity index is 0.000000810. The summed E-state index contributed by atoms with van der Waals surface area (Å²) in [6.45, 7) is 0. The van der Waals surface area contributed by atoms with Crippen LogP contribution in [0.15, 0.2) is 18.2 Å². The third-order valence-electron chi connectivity index (χ3n) is 0.984. The monoisotopic (exact) mass is 182 g/mol. The van der Waals surface area contributed by atoms with E-state index in [9.17, 15) is 8.78 Å². The minimum Gasteiger partial charge on any atom is -1.00 e. The topological polar surface area (TPSA) is 0 Å². The van der Waals surface area contributed by atoms with E-state index in [1.54, 1.807) is 0 Å². The summed E-state index contributed by atoms with van der Waals surface area (Å²) in [6, 6.07) is 3.84. The maximum atomic E-state index is 12.2. The van der Waals surface area contributed by atoms with Crippen molar-refractivity contribution in [3.05, 3.63) is 29.8 Å². The molecule has 0 fully saturated rings. The van der Waals surface area contributed by atoms with Gasteiger partial charge in [0.2, 0.25) is 0 Å². The highest BCUT2D eigenvalue weighted by atomic mass is 35.5. The molecule has 0 amide bonds. The SMILES string of the molecule is Fc1ccc([PH3+])cc1F.[Cl-]. The lowest BCUT2D eigenvalue weighted by Crippen LogP contribution is -3.00. The molecule has 0 aliphatic rings. The van der Waals surface area contributed by atoms with Crippen LogP contribution in [0.25, 0.3) is 0 Å². The quantitative estimate of drug-likeness (QED) is 0.416. The van der Waals surface area contributed by atoms with Crippen molar-refractivity contribution >= 4 is 14.5 Å². The Morgan fingerprint density at radius 3 is 2.10 bits per heavy atom. The van der Waals surface area contributed by atoms with Gasteiger partial charge < -0.3 is 12.4 Å². The van der Waals surface area contributed by atoms with Crippen LogP contribution in [0.4, 0.5) is 8.78 Å². The second-order valence-corrected chi connectivity index (χ2v) is 2.56. The highest BCUT2D eigenvalue weighted by Gasteiger charge is 2.00. The van der Waals surface area contributed by atoms with Gasteiger partial charge in [0.05, 0.1) is 5.30 Å². The Bertz CT molecular complexity index is 227. The van der Waals surface area contributed by atoms with Gasteiger partial charge in [0.25, 0.3) is 0 Å². The van der Waals surface area contributed by atoms with Crippen LogP contribution in [0.1, 0.15) is 0 Å². The van der Waals surface area contributed by atoms with Gasteiger partial charge in [0.15, 0.2) is 11.6 Å². The average molecular weight is 183 g/mol. The zero-order valence-electron chi connectivity index (χ0n) is 5.07. The van der Waals surface area contributed by atoms with Gasteiger partial charge in [0, 0.05) is 15.3 Å². The molecule has 0 heterocycles.